The smallest absolute Gasteiger partial charge is 0.308 e. The maximum absolute atomic E-state index is 12.4. The summed E-state index contributed by atoms with van der Waals surface area (Å²) in [6, 6.07) is 30.9. The minimum Gasteiger partial charge on any atom is -0.469 e. The van der Waals surface area contributed by atoms with E-state index in [-0.39, 0.29) is 17.9 Å². The maximum Gasteiger partial charge on any atom is 0.308 e. The topological polar surface area (TPSA) is 49.8 Å². The number of nitrogens with zero attached hydrogens (tertiary/aromatic N) is 1. The van der Waals surface area contributed by atoms with Crippen molar-refractivity contribution >= 4 is 5.97 Å². The van der Waals surface area contributed by atoms with Crippen LogP contribution in [0.1, 0.15) is 42.9 Å². The molecule has 3 aromatic rings. The predicted molar refractivity (Wildman–Crippen MR) is 137 cm³/mol. The van der Waals surface area contributed by atoms with Crippen LogP contribution in [0.2, 0.25) is 0 Å². The Morgan fingerprint density at radius 3 is 1.74 bits per heavy atom. The highest BCUT2D eigenvalue weighted by Crippen LogP contribution is 2.25. The predicted octanol–water partition coefficient (Wildman–Crippen LogP) is 5.64. The van der Waals surface area contributed by atoms with E-state index in [0.29, 0.717) is 32.4 Å². The SMILES string of the molecule is CCC[C@@H](C[C@H](O)[C@H](Cc1ccccc1)N(Cc1ccccc1)Cc1ccccc1)C(=O)OC. The summed E-state index contributed by atoms with van der Waals surface area (Å²) in [7, 11) is 1.43. The number of benzene rings is 3. The highest BCUT2D eigenvalue weighted by molar-refractivity contribution is 5.72. The molecule has 4 heteroatoms. The quantitative estimate of drug-likeness (QED) is 0.336. The van der Waals surface area contributed by atoms with Crippen molar-refractivity contribution in [1.82, 2.24) is 4.90 Å². The number of carbonyl (C=O) groups is 1. The molecule has 4 nitrogen and oxygen atoms in total. The van der Waals surface area contributed by atoms with Gasteiger partial charge in [0.05, 0.1) is 19.1 Å². The molecule has 0 unspecified atom stereocenters. The fraction of sp³-hybridized carbons (Fsp3) is 0.367. The summed E-state index contributed by atoms with van der Waals surface area (Å²) in [6.07, 6.45) is 1.98. The van der Waals surface area contributed by atoms with Gasteiger partial charge >= 0.3 is 5.97 Å². The van der Waals surface area contributed by atoms with Crippen molar-refractivity contribution in [3.8, 4) is 0 Å². The zero-order valence-corrected chi connectivity index (χ0v) is 20.3. The normalized spacial score (nSPS) is 13.9. The van der Waals surface area contributed by atoms with Gasteiger partial charge in [-0.05, 0) is 36.0 Å². The van der Waals surface area contributed by atoms with Crippen LogP contribution in [-0.4, -0.2) is 35.2 Å². The van der Waals surface area contributed by atoms with Gasteiger partial charge in [-0.25, -0.2) is 0 Å². The first kappa shape index (κ1) is 25.7. The Balaban J connectivity index is 1.93. The first-order chi connectivity index (χ1) is 16.6. The number of methoxy groups -OCH3 is 1. The number of carbonyl (C=O) groups excluding carboxylic acids is 1. The maximum atomic E-state index is 12.4. The molecule has 0 heterocycles. The van der Waals surface area contributed by atoms with Crippen molar-refractivity contribution in [2.75, 3.05) is 7.11 Å². The molecule has 0 aromatic heterocycles. The molecule has 0 radical (unpaired) electrons. The third-order valence-electron chi connectivity index (χ3n) is 6.36. The van der Waals surface area contributed by atoms with Gasteiger partial charge in [0.15, 0.2) is 0 Å². The molecule has 3 rings (SSSR count). The lowest BCUT2D eigenvalue weighted by Gasteiger charge is -2.36. The average molecular weight is 460 g/mol. The zero-order chi connectivity index (χ0) is 24.2. The zero-order valence-electron chi connectivity index (χ0n) is 20.3. The molecule has 0 bridgehead atoms. The number of ether oxygens (including phenoxy) is 1. The molecule has 0 aliphatic rings. The van der Waals surface area contributed by atoms with E-state index in [1.807, 2.05) is 54.6 Å². The van der Waals surface area contributed by atoms with E-state index >= 15 is 0 Å². The fourth-order valence-electron chi connectivity index (χ4n) is 4.59. The molecule has 0 amide bonds. The Labute approximate surface area is 204 Å². The average Bonchev–Trinajstić information content (AvgIpc) is 2.88. The van der Waals surface area contributed by atoms with Crippen molar-refractivity contribution < 1.29 is 14.6 Å². The molecule has 34 heavy (non-hydrogen) atoms. The van der Waals surface area contributed by atoms with Crippen LogP contribution in [0.15, 0.2) is 91.0 Å². The van der Waals surface area contributed by atoms with Crippen LogP contribution < -0.4 is 0 Å². The Bertz CT molecular complexity index is 921. The number of aliphatic hydroxyl groups excluding tert-OH is 1. The van der Waals surface area contributed by atoms with Crippen molar-refractivity contribution in [2.45, 2.75) is 57.8 Å². The minimum absolute atomic E-state index is 0.160. The van der Waals surface area contributed by atoms with Gasteiger partial charge < -0.3 is 9.84 Å². The van der Waals surface area contributed by atoms with Crippen molar-refractivity contribution in [2.24, 2.45) is 5.92 Å². The second-order valence-electron chi connectivity index (χ2n) is 8.95. The van der Waals surface area contributed by atoms with Crippen LogP contribution in [0.4, 0.5) is 0 Å². The summed E-state index contributed by atoms with van der Waals surface area (Å²) in [5, 5.41) is 11.6. The molecule has 0 fully saturated rings. The third-order valence-corrected chi connectivity index (χ3v) is 6.36. The fourth-order valence-corrected chi connectivity index (χ4v) is 4.59. The van der Waals surface area contributed by atoms with E-state index in [1.165, 1.54) is 23.8 Å². The van der Waals surface area contributed by atoms with Gasteiger partial charge in [0.1, 0.15) is 0 Å². The summed E-state index contributed by atoms with van der Waals surface area (Å²) < 4.78 is 5.05. The molecule has 0 aliphatic carbocycles. The van der Waals surface area contributed by atoms with Gasteiger partial charge in [-0.1, -0.05) is 104 Å². The van der Waals surface area contributed by atoms with E-state index in [1.54, 1.807) is 0 Å². The Morgan fingerprint density at radius 2 is 1.29 bits per heavy atom. The number of aliphatic hydroxyl groups is 1. The number of hydrogen-bond acceptors (Lipinski definition) is 4. The lowest BCUT2D eigenvalue weighted by Crippen LogP contribution is -2.45. The highest BCUT2D eigenvalue weighted by Gasteiger charge is 2.31. The lowest BCUT2D eigenvalue weighted by atomic mass is 9.89. The van der Waals surface area contributed by atoms with Gasteiger partial charge in [0.25, 0.3) is 0 Å². The molecule has 180 valence electrons. The van der Waals surface area contributed by atoms with E-state index in [2.05, 4.69) is 48.2 Å². The summed E-state index contributed by atoms with van der Waals surface area (Å²) in [6.45, 7) is 3.48. The Kier molecular flexibility index (Phi) is 10.3. The minimum atomic E-state index is -0.678. The van der Waals surface area contributed by atoms with Gasteiger partial charge in [-0.3, -0.25) is 9.69 Å². The number of rotatable bonds is 13. The molecule has 0 saturated heterocycles. The van der Waals surface area contributed by atoms with Gasteiger partial charge in [0.2, 0.25) is 0 Å². The van der Waals surface area contributed by atoms with E-state index in [4.69, 9.17) is 4.74 Å². The number of esters is 1. The summed E-state index contributed by atoms with van der Waals surface area (Å²) in [5.41, 5.74) is 3.56. The van der Waals surface area contributed by atoms with Crippen molar-refractivity contribution in [3.05, 3.63) is 108 Å². The molecule has 3 aromatic carbocycles. The van der Waals surface area contributed by atoms with Crippen LogP contribution in [0.25, 0.3) is 0 Å². The highest BCUT2D eigenvalue weighted by atomic mass is 16.5. The molecular formula is C30H37NO3. The van der Waals surface area contributed by atoms with Crippen molar-refractivity contribution in [1.29, 1.82) is 0 Å². The molecule has 0 spiro atoms. The molecule has 3 atom stereocenters. The number of hydrogen-bond donors (Lipinski definition) is 1. The lowest BCUT2D eigenvalue weighted by molar-refractivity contribution is -0.147. The molecule has 1 N–H and O–H groups in total. The second-order valence-corrected chi connectivity index (χ2v) is 8.95. The summed E-state index contributed by atoms with van der Waals surface area (Å²) in [5.74, 6) is -0.546. The van der Waals surface area contributed by atoms with E-state index in [9.17, 15) is 9.90 Å². The van der Waals surface area contributed by atoms with Crippen LogP contribution in [0.3, 0.4) is 0 Å². The van der Waals surface area contributed by atoms with E-state index in [0.717, 1.165) is 6.42 Å². The largest absolute Gasteiger partial charge is 0.469 e. The molecule has 0 saturated carbocycles. The van der Waals surface area contributed by atoms with Gasteiger partial charge in [-0.2, -0.15) is 0 Å². The summed E-state index contributed by atoms with van der Waals surface area (Å²) in [4.78, 5) is 14.8. The van der Waals surface area contributed by atoms with Gasteiger partial charge in [-0.15, -0.1) is 0 Å². The Hall–Kier alpha value is -2.95. The van der Waals surface area contributed by atoms with Crippen LogP contribution in [0, 0.1) is 5.92 Å². The third kappa shape index (κ3) is 7.82. The Morgan fingerprint density at radius 1 is 0.824 bits per heavy atom. The molecular weight excluding hydrogens is 422 g/mol. The van der Waals surface area contributed by atoms with E-state index < -0.39 is 6.10 Å². The monoisotopic (exact) mass is 459 g/mol. The van der Waals surface area contributed by atoms with Crippen LogP contribution in [-0.2, 0) is 29.0 Å². The van der Waals surface area contributed by atoms with Crippen molar-refractivity contribution in [3.63, 3.8) is 0 Å². The van der Waals surface area contributed by atoms with Gasteiger partial charge in [0, 0.05) is 19.1 Å². The second kappa shape index (κ2) is 13.7. The van der Waals surface area contributed by atoms with Crippen LogP contribution >= 0.6 is 0 Å². The first-order valence-electron chi connectivity index (χ1n) is 12.2. The molecule has 0 aliphatic heterocycles. The van der Waals surface area contributed by atoms with Crippen LogP contribution in [0.5, 0.6) is 0 Å². The first-order valence-corrected chi connectivity index (χ1v) is 12.2. The standard InChI is InChI=1S/C30H37NO3/c1-3-13-27(30(33)34-2)21-29(32)28(20-24-14-7-4-8-15-24)31(22-25-16-9-5-10-17-25)23-26-18-11-6-12-19-26/h4-12,14-19,27-29,32H,3,13,20-23H2,1-2H3/t27-,28-,29-/m0/s1. The summed E-state index contributed by atoms with van der Waals surface area (Å²) >= 11 is 0.